The normalized spacial score (nSPS) is 20.4. The van der Waals surface area contributed by atoms with Gasteiger partial charge in [0.2, 0.25) is 5.91 Å². The number of nitrogens with zero attached hydrogens (tertiary/aromatic N) is 2. The van der Waals surface area contributed by atoms with Crippen LogP contribution in [0.15, 0.2) is 0 Å². The van der Waals surface area contributed by atoms with E-state index in [1.165, 1.54) is 32.1 Å². The second-order valence-electron chi connectivity index (χ2n) is 5.37. The van der Waals surface area contributed by atoms with E-state index in [9.17, 15) is 4.79 Å². The van der Waals surface area contributed by atoms with Crippen LogP contribution in [0.2, 0.25) is 0 Å². The minimum atomic E-state index is 0.347. The van der Waals surface area contributed by atoms with Crippen LogP contribution in [0.5, 0.6) is 0 Å². The monoisotopic (exact) mass is 254 g/mol. The second-order valence-corrected chi connectivity index (χ2v) is 5.37. The van der Waals surface area contributed by atoms with E-state index in [4.69, 9.17) is 0 Å². The standard InChI is InChI=1S/C15H30N2O/c1-4-7-11-16(6-3)13-15(18)17-12-9-8-10-14(17)5-2/h14H,4-13H2,1-3H3. The van der Waals surface area contributed by atoms with Crippen LogP contribution in [-0.2, 0) is 4.79 Å². The Morgan fingerprint density at radius 3 is 2.67 bits per heavy atom. The van der Waals surface area contributed by atoms with Crippen molar-refractivity contribution in [1.29, 1.82) is 0 Å². The Bertz CT molecular complexity index is 243. The van der Waals surface area contributed by atoms with E-state index in [1.807, 2.05) is 0 Å². The number of likely N-dealkylation sites (tertiary alicyclic amines) is 1. The van der Waals surface area contributed by atoms with Crippen molar-refractivity contribution in [3.05, 3.63) is 0 Å². The fourth-order valence-electron chi connectivity index (χ4n) is 2.77. The van der Waals surface area contributed by atoms with Gasteiger partial charge in [-0.25, -0.2) is 0 Å². The summed E-state index contributed by atoms with van der Waals surface area (Å²) in [5.41, 5.74) is 0. The summed E-state index contributed by atoms with van der Waals surface area (Å²) in [4.78, 5) is 16.8. The number of amides is 1. The minimum Gasteiger partial charge on any atom is -0.339 e. The molecule has 0 saturated carbocycles. The molecule has 3 nitrogen and oxygen atoms in total. The van der Waals surface area contributed by atoms with Gasteiger partial charge in [-0.15, -0.1) is 0 Å². The van der Waals surface area contributed by atoms with Gasteiger partial charge in [0.05, 0.1) is 6.54 Å². The fourth-order valence-corrected chi connectivity index (χ4v) is 2.77. The molecule has 1 saturated heterocycles. The Balaban J connectivity index is 2.45. The number of hydrogen-bond acceptors (Lipinski definition) is 2. The Kier molecular flexibility index (Phi) is 7.33. The van der Waals surface area contributed by atoms with Gasteiger partial charge in [0.1, 0.15) is 0 Å². The molecule has 0 N–H and O–H groups in total. The van der Waals surface area contributed by atoms with Gasteiger partial charge >= 0.3 is 0 Å². The van der Waals surface area contributed by atoms with Crippen molar-refractivity contribution in [1.82, 2.24) is 9.80 Å². The SMILES string of the molecule is CCCCN(CC)CC(=O)N1CCCCC1CC. The molecule has 0 aliphatic carbocycles. The summed E-state index contributed by atoms with van der Waals surface area (Å²) in [6.07, 6.45) is 7.17. The summed E-state index contributed by atoms with van der Waals surface area (Å²) in [5, 5.41) is 0. The van der Waals surface area contributed by atoms with Gasteiger partial charge in [0, 0.05) is 12.6 Å². The number of piperidine rings is 1. The van der Waals surface area contributed by atoms with Crippen LogP contribution in [0, 0.1) is 0 Å². The molecule has 0 aromatic heterocycles. The smallest absolute Gasteiger partial charge is 0.236 e. The predicted molar refractivity (Wildman–Crippen MR) is 76.7 cm³/mol. The third-order valence-corrected chi connectivity index (χ3v) is 4.05. The summed E-state index contributed by atoms with van der Waals surface area (Å²) >= 11 is 0. The fraction of sp³-hybridized carbons (Fsp3) is 0.933. The molecule has 0 radical (unpaired) electrons. The number of carbonyl (C=O) groups excluding carboxylic acids is 1. The topological polar surface area (TPSA) is 23.6 Å². The first-order valence-electron chi connectivity index (χ1n) is 7.74. The van der Waals surface area contributed by atoms with E-state index in [0.717, 1.165) is 26.1 Å². The Morgan fingerprint density at radius 2 is 2.06 bits per heavy atom. The van der Waals surface area contributed by atoms with Crippen LogP contribution in [0.1, 0.15) is 59.3 Å². The molecule has 3 heteroatoms. The average Bonchev–Trinajstić information content (AvgIpc) is 2.43. The summed E-state index contributed by atoms with van der Waals surface area (Å²) < 4.78 is 0. The lowest BCUT2D eigenvalue weighted by Crippen LogP contribution is -2.48. The summed E-state index contributed by atoms with van der Waals surface area (Å²) in [5.74, 6) is 0.347. The van der Waals surface area contributed by atoms with E-state index in [-0.39, 0.29) is 0 Å². The molecule has 0 aromatic rings. The van der Waals surface area contributed by atoms with Crippen molar-refractivity contribution in [3.63, 3.8) is 0 Å². The van der Waals surface area contributed by atoms with Crippen molar-refractivity contribution in [2.24, 2.45) is 0 Å². The highest BCUT2D eigenvalue weighted by atomic mass is 16.2. The Labute approximate surface area is 113 Å². The Hall–Kier alpha value is -0.570. The molecule has 1 rings (SSSR count). The number of rotatable bonds is 7. The van der Waals surface area contributed by atoms with Gasteiger partial charge in [-0.3, -0.25) is 9.69 Å². The number of hydrogen-bond donors (Lipinski definition) is 0. The van der Waals surface area contributed by atoms with E-state index < -0.39 is 0 Å². The van der Waals surface area contributed by atoms with Crippen molar-refractivity contribution in [2.45, 2.75) is 65.3 Å². The number of unbranched alkanes of at least 4 members (excludes halogenated alkanes) is 1. The second kappa shape index (κ2) is 8.52. The van der Waals surface area contributed by atoms with Gasteiger partial charge in [-0.2, -0.15) is 0 Å². The van der Waals surface area contributed by atoms with Gasteiger partial charge in [0.15, 0.2) is 0 Å². The van der Waals surface area contributed by atoms with Gasteiger partial charge < -0.3 is 4.90 Å². The first-order valence-corrected chi connectivity index (χ1v) is 7.74. The van der Waals surface area contributed by atoms with Crippen molar-refractivity contribution in [3.8, 4) is 0 Å². The maximum absolute atomic E-state index is 12.4. The maximum atomic E-state index is 12.4. The summed E-state index contributed by atoms with van der Waals surface area (Å²) in [6.45, 7) is 10.2. The highest BCUT2D eigenvalue weighted by molar-refractivity contribution is 5.78. The molecule has 1 aliphatic rings. The van der Waals surface area contributed by atoms with E-state index >= 15 is 0 Å². The average molecular weight is 254 g/mol. The first kappa shape index (κ1) is 15.5. The van der Waals surface area contributed by atoms with Crippen LogP contribution in [0.4, 0.5) is 0 Å². The first-order chi connectivity index (χ1) is 8.72. The molecular formula is C15H30N2O. The molecule has 1 fully saturated rings. The van der Waals surface area contributed by atoms with Crippen LogP contribution < -0.4 is 0 Å². The van der Waals surface area contributed by atoms with Gasteiger partial charge in [-0.1, -0.05) is 27.2 Å². The quantitative estimate of drug-likeness (QED) is 0.697. The third-order valence-electron chi connectivity index (χ3n) is 4.05. The van der Waals surface area contributed by atoms with Gasteiger partial charge in [0.25, 0.3) is 0 Å². The molecule has 0 aromatic carbocycles. The lowest BCUT2D eigenvalue weighted by atomic mass is 10.00. The third kappa shape index (κ3) is 4.60. The predicted octanol–water partition coefficient (Wildman–Crippen LogP) is 2.90. The maximum Gasteiger partial charge on any atom is 0.236 e. The zero-order valence-electron chi connectivity index (χ0n) is 12.5. The molecule has 106 valence electrons. The molecule has 1 atom stereocenters. The molecule has 0 spiro atoms. The lowest BCUT2D eigenvalue weighted by Gasteiger charge is -2.36. The van der Waals surface area contributed by atoms with E-state index in [1.54, 1.807) is 0 Å². The largest absolute Gasteiger partial charge is 0.339 e. The molecule has 0 bridgehead atoms. The van der Waals surface area contributed by atoms with Crippen LogP contribution in [0.3, 0.4) is 0 Å². The molecular weight excluding hydrogens is 224 g/mol. The molecule has 1 unspecified atom stereocenters. The van der Waals surface area contributed by atoms with Crippen molar-refractivity contribution >= 4 is 5.91 Å². The van der Waals surface area contributed by atoms with E-state index in [0.29, 0.717) is 18.5 Å². The summed E-state index contributed by atoms with van der Waals surface area (Å²) in [7, 11) is 0. The van der Waals surface area contributed by atoms with Crippen LogP contribution in [-0.4, -0.2) is 47.9 Å². The van der Waals surface area contributed by atoms with Crippen molar-refractivity contribution < 1.29 is 4.79 Å². The van der Waals surface area contributed by atoms with Crippen LogP contribution in [0.25, 0.3) is 0 Å². The minimum absolute atomic E-state index is 0.347. The lowest BCUT2D eigenvalue weighted by molar-refractivity contribution is -0.136. The molecule has 1 amide bonds. The summed E-state index contributed by atoms with van der Waals surface area (Å²) in [6, 6.07) is 0.496. The Morgan fingerprint density at radius 1 is 1.28 bits per heavy atom. The highest BCUT2D eigenvalue weighted by Gasteiger charge is 2.25. The zero-order valence-corrected chi connectivity index (χ0v) is 12.5. The highest BCUT2D eigenvalue weighted by Crippen LogP contribution is 2.19. The number of likely N-dealkylation sites (N-methyl/N-ethyl adjacent to an activating group) is 1. The molecule has 1 aliphatic heterocycles. The van der Waals surface area contributed by atoms with Gasteiger partial charge in [-0.05, 0) is 45.2 Å². The molecule has 1 heterocycles. The van der Waals surface area contributed by atoms with Crippen molar-refractivity contribution in [2.75, 3.05) is 26.2 Å². The number of carbonyl (C=O) groups is 1. The van der Waals surface area contributed by atoms with E-state index in [2.05, 4.69) is 30.6 Å². The molecule has 18 heavy (non-hydrogen) atoms. The van der Waals surface area contributed by atoms with Crippen LogP contribution >= 0.6 is 0 Å². The zero-order chi connectivity index (χ0) is 13.4.